The maximum absolute atomic E-state index is 13.3. The van der Waals surface area contributed by atoms with Gasteiger partial charge in [0.2, 0.25) is 0 Å². The monoisotopic (exact) mass is 393 g/mol. The summed E-state index contributed by atoms with van der Waals surface area (Å²) in [5.74, 6) is -0.918. The molecule has 1 unspecified atom stereocenters. The molecule has 2 aromatic rings. The van der Waals surface area contributed by atoms with Crippen LogP contribution in [0.4, 0.5) is 10.1 Å². The first kappa shape index (κ1) is 18.5. The van der Waals surface area contributed by atoms with Gasteiger partial charge in [-0.2, -0.15) is 4.36 Å². The van der Waals surface area contributed by atoms with Gasteiger partial charge < -0.3 is 4.90 Å². The maximum Gasteiger partial charge on any atom is 0.286 e. The van der Waals surface area contributed by atoms with Gasteiger partial charge in [0.25, 0.3) is 5.91 Å². The molecule has 0 bridgehead atoms. The van der Waals surface area contributed by atoms with Crippen LogP contribution in [0.3, 0.4) is 0 Å². The van der Waals surface area contributed by atoms with Crippen molar-refractivity contribution in [2.45, 2.75) is 17.6 Å². The second-order valence-corrected chi connectivity index (χ2v) is 8.52. The Balaban J connectivity index is 1.99. The summed E-state index contributed by atoms with van der Waals surface area (Å²) in [7, 11) is -1.14. The molecular formula is C18H17ClFN3O2S. The van der Waals surface area contributed by atoms with Crippen LogP contribution in [0.2, 0.25) is 5.02 Å². The highest BCUT2D eigenvalue weighted by molar-refractivity contribution is 7.93. The van der Waals surface area contributed by atoms with Gasteiger partial charge in [0.15, 0.2) is 0 Å². The van der Waals surface area contributed by atoms with Crippen molar-refractivity contribution in [1.82, 2.24) is 4.90 Å². The van der Waals surface area contributed by atoms with Gasteiger partial charge in [0.1, 0.15) is 5.82 Å². The van der Waals surface area contributed by atoms with E-state index >= 15 is 0 Å². The molecule has 3 rings (SSSR count). The van der Waals surface area contributed by atoms with E-state index in [0.717, 1.165) is 6.54 Å². The molecule has 1 heterocycles. The van der Waals surface area contributed by atoms with Crippen LogP contribution in [0.15, 0.2) is 50.6 Å². The van der Waals surface area contributed by atoms with Crippen molar-refractivity contribution in [2.75, 3.05) is 13.6 Å². The minimum Gasteiger partial charge on any atom is -0.366 e. The molecule has 1 aliphatic rings. The van der Waals surface area contributed by atoms with Gasteiger partial charge in [-0.25, -0.2) is 13.6 Å². The van der Waals surface area contributed by atoms with E-state index in [4.69, 9.17) is 11.6 Å². The topological polar surface area (TPSA) is 62.1 Å². The Hall–Kier alpha value is -2.25. The Labute approximate surface area is 156 Å². The van der Waals surface area contributed by atoms with E-state index in [9.17, 15) is 13.4 Å². The number of carbonyl (C=O) groups excluding carboxylic acids is 1. The fourth-order valence-electron chi connectivity index (χ4n) is 2.46. The van der Waals surface area contributed by atoms with Crippen LogP contribution in [-0.4, -0.2) is 34.9 Å². The van der Waals surface area contributed by atoms with Crippen molar-refractivity contribution in [3.05, 3.63) is 58.4 Å². The highest BCUT2D eigenvalue weighted by Crippen LogP contribution is 2.37. The van der Waals surface area contributed by atoms with Gasteiger partial charge in [0.05, 0.1) is 43.0 Å². The van der Waals surface area contributed by atoms with Gasteiger partial charge in [-0.15, -0.1) is 0 Å². The number of fused-ring (bicyclic) bond motifs is 1. The number of benzene rings is 2. The molecular weight excluding hydrogens is 377 g/mol. The molecule has 26 heavy (non-hydrogen) atoms. The summed E-state index contributed by atoms with van der Waals surface area (Å²) in [5, 5.41) is 0.293. The molecule has 0 N–H and O–H groups in total. The van der Waals surface area contributed by atoms with Gasteiger partial charge in [0, 0.05) is 13.6 Å². The fourth-order valence-corrected chi connectivity index (χ4v) is 4.86. The zero-order valence-electron chi connectivity index (χ0n) is 14.3. The molecule has 0 spiro atoms. The van der Waals surface area contributed by atoms with E-state index in [1.165, 1.54) is 36.4 Å². The van der Waals surface area contributed by atoms with Crippen LogP contribution in [0.1, 0.15) is 22.8 Å². The van der Waals surface area contributed by atoms with E-state index in [-0.39, 0.29) is 17.1 Å². The summed E-state index contributed by atoms with van der Waals surface area (Å²) in [6.45, 7) is 2.75. The number of aliphatic imine (C=N–C) groups is 1. The van der Waals surface area contributed by atoms with E-state index in [1.54, 1.807) is 6.34 Å². The third kappa shape index (κ3) is 3.64. The molecule has 1 aliphatic heterocycles. The van der Waals surface area contributed by atoms with Crippen molar-refractivity contribution in [1.29, 1.82) is 0 Å². The summed E-state index contributed by atoms with van der Waals surface area (Å²) < 4.78 is 30.2. The zero-order chi connectivity index (χ0) is 18.9. The lowest BCUT2D eigenvalue weighted by atomic mass is 10.2. The normalized spacial score (nSPS) is 18.8. The van der Waals surface area contributed by atoms with E-state index in [0.29, 0.717) is 21.2 Å². The smallest absolute Gasteiger partial charge is 0.286 e. The van der Waals surface area contributed by atoms with Gasteiger partial charge in [-0.1, -0.05) is 23.7 Å². The summed E-state index contributed by atoms with van der Waals surface area (Å²) in [5.41, 5.74) is 1.29. The SMILES string of the molecule is CCN(C)/C=N\c1cc2c(cc1Cl)S(=O)(Cc1ccc(F)cc1)=NC2=O. The highest BCUT2D eigenvalue weighted by Gasteiger charge is 2.30. The number of amides is 1. The quantitative estimate of drug-likeness (QED) is 0.563. The molecule has 0 saturated carbocycles. The Morgan fingerprint density at radius 2 is 2.00 bits per heavy atom. The van der Waals surface area contributed by atoms with Crippen molar-refractivity contribution < 1.29 is 13.4 Å². The summed E-state index contributed by atoms with van der Waals surface area (Å²) >= 11 is 6.27. The Morgan fingerprint density at radius 1 is 1.31 bits per heavy atom. The molecule has 0 fully saturated rings. The molecule has 0 aromatic heterocycles. The third-order valence-corrected chi connectivity index (χ3v) is 6.53. The lowest BCUT2D eigenvalue weighted by molar-refractivity contribution is 0.101. The molecule has 5 nitrogen and oxygen atoms in total. The first-order valence-corrected chi connectivity index (χ1v) is 10.00. The third-order valence-electron chi connectivity index (χ3n) is 4.02. The van der Waals surface area contributed by atoms with Crippen LogP contribution < -0.4 is 0 Å². The lowest BCUT2D eigenvalue weighted by Crippen LogP contribution is -2.14. The van der Waals surface area contributed by atoms with Crippen LogP contribution in [-0.2, 0) is 15.5 Å². The van der Waals surface area contributed by atoms with Gasteiger partial charge in [-0.3, -0.25) is 4.79 Å². The number of carbonyl (C=O) groups is 1. The van der Waals surface area contributed by atoms with Crippen LogP contribution in [0.5, 0.6) is 0 Å². The number of hydrogen-bond donors (Lipinski definition) is 0. The fraction of sp³-hybridized carbons (Fsp3) is 0.222. The number of hydrogen-bond acceptors (Lipinski definition) is 3. The number of rotatable bonds is 5. The van der Waals surface area contributed by atoms with Crippen molar-refractivity contribution >= 4 is 39.3 Å². The maximum atomic E-state index is 13.3. The van der Waals surface area contributed by atoms with Crippen LogP contribution in [0.25, 0.3) is 0 Å². The van der Waals surface area contributed by atoms with Crippen molar-refractivity contribution in [3.8, 4) is 0 Å². The first-order valence-electron chi connectivity index (χ1n) is 7.94. The molecule has 0 aliphatic carbocycles. The molecule has 0 radical (unpaired) electrons. The van der Waals surface area contributed by atoms with E-state index in [2.05, 4.69) is 9.36 Å². The van der Waals surface area contributed by atoms with Crippen LogP contribution >= 0.6 is 11.6 Å². The summed E-state index contributed by atoms with van der Waals surface area (Å²) in [4.78, 5) is 18.7. The first-order chi connectivity index (χ1) is 12.3. The second-order valence-electron chi connectivity index (χ2n) is 5.93. The predicted molar refractivity (Wildman–Crippen MR) is 101 cm³/mol. The van der Waals surface area contributed by atoms with Crippen molar-refractivity contribution in [3.63, 3.8) is 0 Å². The average molecular weight is 394 g/mol. The predicted octanol–water partition coefficient (Wildman–Crippen LogP) is 4.27. The van der Waals surface area contributed by atoms with Crippen molar-refractivity contribution in [2.24, 2.45) is 9.36 Å². The summed E-state index contributed by atoms with van der Waals surface area (Å²) in [6.07, 6.45) is 1.61. The van der Waals surface area contributed by atoms with Crippen LogP contribution in [0, 0.1) is 5.82 Å². The Kier molecular flexibility index (Phi) is 5.11. The molecule has 2 aromatic carbocycles. The largest absolute Gasteiger partial charge is 0.366 e. The Bertz CT molecular complexity index is 1010. The molecule has 1 amide bonds. The number of halogens is 2. The minimum absolute atomic E-state index is 0.0174. The zero-order valence-corrected chi connectivity index (χ0v) is 15.9. The van der Waals surface area contributed by atoms with Gasteiger partial charge in [-0.05, 0) is 36.8 Å². The molecule has 136 valence electrons. The molecule has 1 atom stereocenters. The Morgan fingerprint density at radius 3 is 2.65 bits per heavy atom. The lowest BCUT2D eigenvalue weighted by Gasteiger charge is -2.10. The summed E-state index contributed by atoms with van der Waals surface area (Å²) in [6, 6.07) is 8.63. The van der Waals surface area contributed by atoms with Gasteiger partial charge >= 0.3 is 0 Å². The number of nitrogens with zero attached hydrogens (tertiary/aromatic N) is 3. The van der Waals surface area contributed by atoms with E-state index < -0.39 is 15.6 Å². The van der Waals surface area contributed by atoms with E-state index in [1.807, 2.05) is 18.9 Å². The molecule has 8 heteroatoms. The molecule has 0 saturated heterocycles. The average Bonchev–Trinajstić information content (AvgIpc) is 2.84. The highest BCUT2D eigenvalue weighted by atomic mass is 35.5. The standard InChI is InChI=1S/C18H17ClFN3O2S/c1-3-23(2)11-21-16-8-14-17(9-15(16)19)26(25,22-18(14)24)10-12-4-6-13(20)7-5-12/h4-9,11H,3,10H2,1-2H3/b21-11-. The second kappa shape index (κ2) is 7.17. The minimum atomic E-state index is -3.00.